The SMILES string of the molecule is Cc1ccccc1[C@H](C)N[C@@H](C)C(=O)NC(=O)NC(C)C. The molecule has 5 heteroatoms. The van der Waals surface area contributed by atoms with E-state index in [1.165, 1.54) is 5.56 Å². The first kappa shape index (κ1) is 17.2. The summed E-state index contributed by atoms with van der Waals surface area (Å²) in [7, 11) is 0. The van der Waals surface area contributed by atoms with Gasteiger partial charge in [0.25, 0.3) is 0 Å². The van der Waals surface area contributed by atoms with E-state index < -0.39 is 12.1 Å². The lowest BCUT2D eigenvalue weighted by molar-refractivity contribution is -0.121. The van der Waals surface area contributed by atoms with Gasteiger partial charge in [-0.3, -0.25) is 15.4 Å². The minimum atomic E-state index is -0.466. The molecular formula is C16H25N3O2. The Bertz CT molecular complexity index is 500. The Morgan fingerprint density at radius 1 is 1.05 bits per heavy atom. The highest BCUT2D eigenvalue weighted by Gasteiger charge is 2.19. The van der Waals surface area contributed by atoms with Crippen LogP contribution in [0.25, 0.3) is 0 Å². The highest BCUT2D eigenvalue weighted by atomic mass is 16.2. The van der Waals surface area contributed by atoms with Crippen molar-refractivity contribution < 1.29 is 9.59 Å². The van der Waals surface area contributed by atoms with Crippen molar-refractivity contribution >= 4 is 11.9 Å². The number of amides is 3. The van der Waals surface area contributed by atoms with Crippen molar-refractivity contribution in [3.05, 3.63) is 35.4 Å². The van der Waals surface area contributed by atoms with Gasteiger partial charge in [0, 0.05) is 12.1 Å². The Morgan fingerprint density at radius 2 is 1.67 bits per heavy atom. The van der Waals surface area contributed by atoms with Gasteiger partial charge in [-0.25, -0.2) is 4.79 Å². The molecule has 0 heterocycles. The zero-order valence-corrected chi connectivity index (χ0v) is 13.4. The van der Waals surface area contributed by atoms with Gasteiger partial charge in [-0.2, -0.15) is 0 Å². The van der Waals surface area contributed by atoms with Crippen LogP contribution in [0.3, 0.4) is 0 Å². The quantitative estimate of drug-likeness (QED) is 0.779. The van der Waals surface area contributed by atoms with Crippen LogP contribution in [-0.2, 0) is 4.79 Å². The zero-order valence-electron chi connectivity index (χ0n) is 13.4. The van der Waals surface area contributed by atoms with Gasteiger partial charge in [0.2, 0.25) is 5.91 Å². The number of benzene rings is 1. The third-order valence-electron chi connectivity index (χ3n) is 3.20. The maximum Gasteiger partial charge on any atom is 0.321 e. The third kappa shape index (κ3) is 5.55. The molecule has 3 N–H and O–H groups in total. The number of imide groups is 1. The molecule has 0 unspecified atom stereocenters. The lowest BCUT2D eigenvalue weighted by Crippen LogP contribution is -2.49. The van der Waals surface area contributed by atoms with E-state index in [1.807, 2.05) is 52.0 Å². The van der Waals surface area contributed by atoms with Crippen LogP contribution < -0.4 is 16.0 Å². The van der Waals surface area contributed by atoms with Crippen LogP contribution in [0.5, 0.6) is 0 Å². The van der Waals surface area contributed by atoms with Crippen LogP contribution in [0.15, 0.2) is 24.3 Å². The van der Waals surface area contributed by atoms with Crippen molar-refractivity contribution in [2.75, 3.05) is 0 Å². The van der Waals surface area contributed by atoms with Crippen LogP contribution in [0.4, 0.5) is 4.79 Å². The van der Waals surface area contributed by atoms with Gasteiger partial charge in [0.1, 0.15) is 0 Å². The molecule has 2 atom stereocenters. The van der Waals surface area contributed by atoms with E-state index in [0.29, 0.717) is 0 Å². The number of rotatable bonds is 5. The van der Waals surface area contributed by atoms with Crippen LogP contribution >= 0.6 is 0 Å². The average Bonchev–Trinajstić information content (AvgIpc) is 2.37. The van der Waals surface area contributed by atoms with Gasteiger partial charge in [-0.1, -0.05) is 24.3 Å². The molecule has 1 rings (SSSR count). The topological polar surface area (TPSA) is 70.2 Å². The van der Waals surface area contributed by atoms with E-state index in [2.05, 4.69) is 16.0 Å². The lowest BCUT2D eigenvalue weighted by Gasteiger charge is -2.21. The molecule has 1 aromatic rings. The van der Waals surface area contributed by atoms with E-state index in [1.54, 1.807) is 6.92 Å². The number of aryl methyl sites for hydroxylation is 1. The van der Waals surface area contributed by atoms with E-state index in [0.717, 1.165) is 5.56 Å². The van der Waals surface area contributed by atoms with E-state index in [4.69, 9.17) is 0 Å². The first-order valence-electron chi connectivity index (χ1n) is 7.24. The van der Waals surface area contributed by atoms with Crippen LogP contribution in [-0.4, -0.2) is 24.0 Å². The van der Waals surface area contributed by atoms with Crippen molar-refractivity contribution in [3.63, 3.8) is 0 Å². The Kier molecular flexibility index (Phi) is 6.37. The molecule has 1 aromatic carbocycles. The fraction of sp³-hybridized carbons (Fsp3) is 0.500. The number of carbonyl (C=O) groups is 2. The summed E-state index contributed by atoms with van der Waals surface area (Å²) in [6, 6.07) is 7.12. The number of urea groups is 1. The molecule has 0 aromatic heterocycles. The molecule has 3 amide bonds. The van der Waals surface area contributed by atoms with Crippen LogP contribution in [0, 0.1) is 6.92 Å². The predicted molar refractivity (Wildman–Crippen MR) is 84.0 cm³/mol. The molecule has 116 valence electrons. The van der Waals surface area contributed by atoms with Gasteiger partial charge in [-0.05, 0) is 45.7 Å². The van der Waals surface area contributed by atoms with Crippen molar-refractivity contribution in [1.29, 1.82) is 0 Å². The van der Waals surface area contributed by atoms with E-state index >= 15 is 0 Å². The standard InChI is InChI=1S/C16H25N3O2/c1-10(2)17-16(21)19-15(20)13(5)18-12(4)14-9-7-6-8-11(14)3/h6-10,12-13,18H,1-5H3,(H2,17,19,20,21)/t12-,13-/m0/s1. The van der Waals surface area contributed by atoms with E-state index in [9.17, 15) is 9.59 Å². The summed E-state index contributed by atoms with van der Waals surface area (Å²) in [5.41, 5.74) is 2.31. The summed E-state index contributed by atoms with van der Waals surface area (Å²) in [6.07, 6.45) is 0. The fourth-order valence-corrected chi connectivity index (χ4v) is 2.13. The lowest BCUT2D eigenvalue weighted by atomic mass is 10.0. The molecule has 0 saturated carbocycles. The molecule has 0 fully saturated rings. The zero-order chi connectivity index (χ0) is 16.0. The number of hydrogen-bond acceptors (Lipinski definition) is 3. The van der Waals surface area contributed by atoms with Gasteiger partial charge >= 0.3 is 6.03 Å². The normalized spacial score (nSPS) is 13.6. The Hall–Kier alpha value is -1.88. The average molecular weight is 291 g/mol. The first-order valence-corrected chi connectivity index (χ1v) is 7.24. The molecular weight excluding hydrogens is 266 g/mol. The summed E-state index contributed by atoms with van der Waals surface area (Å²) < 4.78 is 0. The highest BCUT2D eigenvalue weighted by molar-refractivity contribution is 5.96. The third-order valence-corrected chi connectivity index (χ3v) is 3.20. The van der Waals surface area contributed by atoms with Crippen molar-refractivity contribution in [3.8, 4) is 0 Å². The molecule has 5 nitrogen and oxygen atoms in total. The maximum atomic E-state index is 12.0. The minimum Gasteiger partial charge on any atom is -0.336 e. The largest absolute Gasteiger partial charge is 0.336 e. The van der Waals surface area contributed by atoms with Crippen LogP contribution in [0.2, 0.25) is 0 Å². The van der Waals surface area contributed by atoms with Crippen molar-refractivity contribution in [2.24, 2.45) is 0 Å². The first-order chi connectivity index (χ1) is 9.81. The van der Waals surface area contributed by atoms with Gasteiger partial charge in [0.15, 0.2) is 0 Å². The monoisotopic (exact) mass is 291 g/mol. The Morgan fingerprint density at radius 3 is 2.24 bits per heavy atom. The van der Waals surface area contributed by atoms with E-state index in [-0.39, 0.29) is 18.0 Å². The predicted octanol–water partition coefficient (Wildman–Crippen LogP) is 2.27. The molecule has 0 radical (unpaired) electrons. The van der Waals surface area contributed by atoms with Gasteiger partial charge in [0.05, 0.1) is 6.04 Å². The molecule has 0 saturated heterocycles. The number of nitrogens with one attached hydrogen (secondary N) is 3. The van der Waals surface area contributed by atoms with Crippen molar-refractivity contribution in [1.82, 2.24) is 16.0 Å². The van der Waals surface area contributed by atoms with Gasteiger partial charge in [-0.15, -0.1) is 0 Å². The highest BCUT2D eigenvalue weighted by Crippen LogP contribution is 2.17. The number of hydrogen-bond donors (Lipinski definition) is 3. The molecule has 0 bridgehead atoms. The molecule has 0 aliphatic rings. The summed E-state index contributed by atoms with van der Waals surface area (Å²) in [5, 5.41) is 8.16. The molecule has 0 aliphatic carbocycles. The summed E-state index contributed by atoms with van der Waals surface area (Å²) in [6.45, 7) is 9.46. The summed E-state index contributed by atoms with van der Waals surface area (Å²) in [5.74, 6) is -0.339. The Labute approximate surface area is 126 Å². The second-order valence-electron chi connectivity index (χ2n) is 5.58. The van der Waals surface area contributed by atoms with Crippen LogP contribution in [0.1, 0.15) is 44.9 Å². The molecule has 0 spiro atoms. The summed E-state index contributed by atoms with van der Waals surface area (Å²) >= 11 is 0. The van der Waals surface area contributed by atoms with Crippen molar-refractivity contribution in [2.45, 2.75) is 52.7 Å². The van der Waals surface area contributed by atoms with Gasteiger partial charge < -0.3 is 5.32 Å². The summed E-state index contributed by atoms with van der Waals surface area (Å²) in [4.78, 5) is 23.5. The second-order valence-corrected chi connectivity index (χ2v) is 5.58. The fourth-order valence-electron chi connectivity index (χ4n) is 2.13. The second kappa shape index (κ2) is 7.78. The number of carbonyl (C=O) groups excluding carboxylic acids is 2. The smallest absolute Gasteiger partial charge is 0.321 e. The Balaban J connectivity index is 2.56. The molecule has 21 heavy (non-hydrogen) atoms. The molecule has 0 aliphatic heterocycles. The maximum absolute atomic E-state index is 12.0. The minimum absolute atomic E-state index is 0.00745.